The minimum absolute atomic E-state index is 0.138. The van der Waals surface area contributed by atoms with Gasteiger partial charge in [-0.3, -0.25) is 9.58 Å². The number of aromatic carboxylic acids is 1. The first kappa shape index (κ1) is 28.4. The molecule has 2 aliphatic rings. The average molecular weight is 599 g/mol. The van der Waals surface area contributed by atoms with Crippen LogP contribution in [0.1, 0.15) is 52.6 Å². The Hall–Kier alpha value is -4.35. The molecule has 0 spiro atoms. The van der Waals surface area contributed by atoms with Crippen LogP contribution in [0.3, 0.4) is 0 Å². The number of ether oxygens (including phenoxy) is 2. The molecule has 0 amide bonds. The number of nitrogens with zero attached hydrogens (tertiary/aromatic N) is 6. The molecule has 228 valence electrons. The number of pyridine rings is 1. The highest BCUT2D eigenvalue weighted by Crippen LogP contribution is 2.30. The maximum atomic E-state index is 12.9. The highest BCUT2D eigenvalue weighted by Gasteiger charge is 2.26. The first-order valence-corrected chi connectivity index (χ1v) is 15.2. The van der Waals surface area contributed by atoms with Crippen LogP contribution in [0, 0.1) is 0 Å². The first-order chi connectivity index (χ1) is 21.5. The van der Waals surface area contributed by atoms with Crippen molar-refractivity contribution in [3.63, 3.8) is 0 Å². The molecule has 2 aromatic carbocycles. The van der Waals surface area contributed by atoms with Crippen molar-refractivity contribution < 1.29 is 23.8 Å². The lowest BCUT2D eigenvalue weighted by Gasteiger charge is -2.32. The lowest BCUT2D eigenvalue weighted by Crippen LogP contribution is -2.35. The number of carbonyl (C=O) groups is 1. The lowest BCUT2D eigenvalue weighted by atomic mass is 9.93. The van der Waals surface area contributed by atoms with Gasteiger partial charge in [-0.1, -0.05) is 18.2 Å². The molecule has 3 aromatic heterocycles. The standard InChI is InChI=1S/C33H35FN6O4/c34-11-14-40-29-16-22(4-5-25(29)18-35-40)21-44-32-3-1-2-27(37-32)23-8-12-38(13-9-23)20-31-36-28-7-6-24(33(41)42)17-30(28)39(31)19-26-10-15-43-26/h1-7,16-18,23,26H,8-15,19-21H2,(H,41,42)/t26-/m0/s1. The summed E-state index contributed by atoms with van der Waals surface area (Å²) in [6.45, 7) is 4.11. The van der Waals surface area contributed by atoms with E-state index in [9.17, 15) is 14.3 Å². The van der Waals surface area contributed by atoms with Gasteiger partial charge in [0.1, 0.15) is 19.1 Å². The molecule has 44 heavy (non-hydrogen) atoms. The van der Waals surface area contributed by atoms with Crippen molar-refractivity contribution in [1.82, 2.24) is 29.2 Å². The molecule has 11 heteroatoms. The highest BCUT2D eigenvalue weighted by atomic mass is 19.1. The van der Waals surface area contributed by atoms with E-state index in [2.05, 4.69) is 20.6 Å². The minimum atomic E-state index is -0.939. The Balaban J connectivity index is 0.993. The Bertz CT molecular complexity index is 1790. The molecule has 2 fully saturated rings. The van der Waals surface area contributed by atoms with Crippen molar-refractivity contribution in [2.45, 2.75) is 57.5 Å². The summed E-state index contributed by atoms with van der Waals surface area (Å²) < 4.78 is 28.5. The topological polar surface area (TPSA) is 108 Å². The zero-order valence-corrected chi connectivity index (χ0v) is 24.4. The number of aryl methyl sites for hydroxylation is 1. The molecule has 0 saturated carbocycles. The number of benzene rings is 2. The third-order valence-electron chi connectivity index (χ3n) is 8.76. The van der Waals surface area contributed by atoms with Gasteiger partial charge in [-0.25, -0.2) is 19.2 Å². The van der Waals surface area contributed by atoms with Crippen LogP contribution >= 0.6 is 0 Å². The smallest absolute Gasteiger partial charge is 0.335 e. The van der Waals surface area contributed by atoms with Crippen LogP contribution in [-0.4, -0.2) is 72.8 Å². The second-order valence-electron chi connectivity index (χ2n) is 11.6. The summed E-state index contributed by atoms with van der Waals surface area (Å²) in [5.74, 6) is 0.929. The summed E-state index contributed by atoms with van der Waals surface area (Å²) >= 11 is 0. The van der Waals surface area contributed by atoms with Gasteiger partial charge in [0.05, 0.1) is 54.0 Å². The van der Waals surface area contributed by atoms with Gasteiger partial charge < -0.3 is 19.1 Å². The van der Waals surface area contributed by atoms with Gasteiger partial charge in [0.15, 0.2) is 0 Å². The largest absolute Gasteiger partial charge is 0.478 e. The van der Waals surface area contributed by atoms with E-state index in [4.69, 9.17) is 19.4 Å². The molecule has 1 atom stereocenters. The van der Waals surface area contributed by atoms with Crippen molar-refractivity contribution in [3.8, 4) is 5.88 Å². The van der Waals surface area contributed by atoms with Gasteiger partial charge in [-0.05, 0) is 68.2 Å². The fraction of sp³-hybridized carbons (Fsp3) is 0.394. The summed E-state index contributed by atoms with van der Waals surface area (Å²) in [6, 6.07) is 17.1. The van der Waals surface area contributed by atoms with E-state index in [1.165, 1.54) is 0 Å². The summed E-state index contributed by atoms with van der Waals surface area (Å²) in [5, 5.41) is 14.8. The van der Waals surface area contributed by atoms with Gasteiger partial charge in [-0.2, -0.15) is 5.10 Å². The Morgan fingerprint density at radius 2 is 1.91 bits per heavy atom. The third kappa shape index (κ3) is 5.89. The van der Waals surface area contributed by atoms with Crippen LogP contribution in [0.25, 0.3) is 21.9 Å². The summed E-state index contributed by atoms with van der Waals surface area (Å²) in [4.78, 5) is 23.8. The number of rotatable bonds is 11. The first-order valence-electron chi connectivity index (χ1n) is 15.2. The molecule has 10 nitrogen and oxygen atoms in total. The van der Waals surface area contributed by atoms with E-state index in [0.29, 0.717) is 31.5 Å². The SMILES string of the molecule is O=C(O)c1ccc2nc(CN3CCC(c4cccc(OCc5ccc6cnn(CCF)c6c5)n4)CC3)n(C[C@@H]3CCO3)c2c1. The van der Waals surface area contributed by atoms with E-state index in [0.717, 1.165) is 78.0 Å². The number of carboxylic acids is 1. The monoisotopic (exact) mass is 598 g/mol. The van der Waals surface area contributed by atoms with Crippen LogP contribution in [0.2, 0.25) is 0 Å². The zero-order chi connectivity index (χ0) is 30.0. The number of likely N-dealkylation sites (tertiary alicyclic amines) is 1. The zero-order valence-electron chi connectivity index (χ0n) is 24.4. The molecular weight excluding hydrogens is 563 g/mol. The Kier molecular flexibility index (Phi) is 7.97. The van der Waals surface area contributed by atoms with Crippen LogP contribution in [0.5, 0.6) is 5.88 Å². The molecule has 2 aliphatic heterocycles. The number of fused-ring (bicyclic) bond motifs is 2. The van der Waals surface area contributed by atoms with Gasteiger partial charge in [0, 0.05) is 29.7 Å². The van der Waals surface area contributed by atoms with E-state index in [1.807, 2.05) is 30.3 Å². The highest BCUT2D eigenvalue weighted by molar-refractivity contribution is 5.92. The number of hydrogen-bond acceptors (Lipinski definition) is 7. The molecule has 0 radical (unpaired) electrons. The molecule has 1 N–H and O–H groups in total. The van der Waals surface area contributed by atoms with Crippen molar-refractivity contribution >= 4 is 27.9 Å². The molecule has 5 heterocycles. The molecular formula is C33H35FN6O4. The summed E-state index contributed by atoms with van der Waals surface area (Å²) in [5.41, 5.74) is 4.83. The minimum Gasteiger partial charge on any atom is -0.478 e. The Morgan fingerprint density at radius 1 is 1.05 bits per heavy atom. The number of hydrogen-bond donors (Lipinski definition) is 1. The van der Waals surface area contributed by atoms with Gasteiger partial charge >= 0.3 is 5.97 Å². The van der Waals surface area contributed by atoms with Crippen molar-refractivity contribution in [2.75, 3.05) is 26.4 Å². The van der Waals surface area contributed by atoms with Crippen LogP contribution in [0.15, 0.2) is 60.8 Å². The Labute approximate surface area is 254 Å². The second-order valence-corrected chi connectivity index (χ2v) is 11.6. The third-order valence-corrected chi connectivity index (χ3v) is 8.76. The van der Waals surface area contributed by atoms with Crippen LogP contribution < -0.4 is 4.74 Å². The van der Waals surface area contributed by atoms with E-state index < -0.39 is 12.6 Å². The van der Waals surface area contributed by atoms with E-state index in [1.54, 1.807) is 29.1 Å². The summed E-state index contributed by atoms with van der Waals surface area (Å²) in [7, 11) is 0. The Morgan fingerprint density at radius 3 is 2.68 bits per heavy atom. The van der Waals surface area contributed by atoms with Gasteiger partial charge in [0.2, 0.25) is 5.88 Å². The molecule has 0 unspecified atom stereocenters. The fourth-order valence-electron chi connectivity index (χ4n) is 6.21. The number of halogens is 1. The number of imidazole rings is 1. The molecule has 2 saturated heterocycles. The van der Waals surface area contributed by atoms with E-state index >= 15 is 0 Å². The van der Waals surface area contributed by atoms with E-state index in [-0.39, 0.29) is 18.2 Å². The summed E-state index contributed by atoms with van der Waals surface area (Å²) in [6.07, 6.45) is 4.84. The molecule has 5 aromatic rings. The predicted molar refractivity (Wildman–Crippen MR) is 163 cm³/mol. The fourth-order valence-corrected chi connectivity index (χ4v) is 6.21. The molecule has 0 bridgehead atoms. The quantitative estimate of drug-likeness (QED) is 0.221. The number of alkyl halides is 1. The predicted octanol–water partition coefficient (Wildman–Crippen LogP) is 5.20. The van der Waals surface area contributed by atoms with Crippen molar-refractivity contribution in [3.05, 3.63) is 83.4 Å². The van der Waals surface area contributed by atoms with Crippen LogP contribution in [0.4, 0.5) is 4.39 Å². The average Bonchev–Trinajstić information content (AvgIpc) is 3.58. The maximum Gasteiger partial charge on any atom is 0.335 e. The van der Waals surface area contributed by atoms with Crippen molar-refractivity contribution in [2.24, 2.45) is 0 Å². The van der Waals surface area contributed by atoms with Crippen molar-refractivity contribution in [1.29, 1.82) is 0 Å². The van der Waals surface area contributed by atoms with Gasteiger partial charge in [0.25, 0.3) is 0 Å². The van der Waals surface area contributed by atoms with Crippen LogP contribution in [-0.2, 0) is 31.0 Å². The molecule has 7 rings (SSSR count). The normalized spacial score (nSPS) is 17.7. The number of aromatic nitrogens is 5. The number of piperidine rings is 1. The van der Waals surface area contributed by atoms with Gasteiger partial charge in [-0.15, -0.1) is 0 Å². The maximum absolute atomic E-state index is 12.9. The lowest BCUT2D eigenvalue weighted by molar-refractivity contribution is -0.0592. The second kappa shape index (κ2) is 12.3. The number of carboxylic acid groups (broad SMARTS) is 1. The molecule has 0 aliphatic carbocycles.